The highest BCUT2D eigenvalue weighted by atomic mass is 15.2. The third-order valence-corrected chi connectivity index (χ3v) is 6.38. The van der Waals surface area contributed by atoms with Gasteiger partial charge in [0.2, 0.25) is 0 Å². The SMILES string of the molecule is CC1CN(C2CCC(C)(CN)C2)CC(C)C1(C)C. The Labute approximate surface area is 113 Å². The Bertz CT molecular complexity index is 285. The van der Waals surface area contributed by atoms with Gasteiger partial charge in [-0.25, -0.2) is 0 Å². The molecule has 2 rings (SSSR count). The molecule has 4 unspecified atom stereocenters. The van der Waals surface area contributed by atoms with E-state index in [9.17, 15) is 0 Å². The molecular weight excluding hydrogens is 220 g/mol. The number of hydrogen-bond donors (Lipinski definition) is 1. The van der Waals surface area contributed by atoms with Gasteiger partial charge < -0.3 is 5.73 Å². The van der Waals surface area contributed by atoms with Gasteiger partial charge in [0.15, 0.2) is 0 Å². The molecule has 0 spiro atoms. The Morgan fingerprint density at radius 2 is 1.67 bits per heavy atom. The van der Waals surface area contributed by atoms with Crippen LogP contribution < -0.4 is 5.73 Å². The second-order valence-corrected chi connectivity index (χ2v) is 7.99. The highest BCUT2D eigenvalue weighted by Crippen LogP contribution is 2.44. The maximum Gasteiger partial charge on any atom is 0.0101 e. The van der Waals surface area contributed by atoms with Gasteiger partial charge in [0.25, 0.3) is 0 Å². The topological polar surface area (TPSA) is 29.3 Å². The molecule has 2 N–H and O–H groups in total. The van der Waals surface area contributed by atoms with Crippen LogP contribution >= 0.6 is 0 Å². The standard InChI is InChI=1S/C16H32N2/c1-12-9-18(10-13(2)15(12,3)4)14-6-7-16(5,8-14)11-17/h12-14H,6-11,17H2,1-5H3. The van der Waals surface area contributed by atoms with Crippen LogP contribution in [-0.4, -0.2) is 30.6 Å². The van der Waals surface area contributed by atoms with E-state index in [2.05, 4.69) is 39.5 Å². The fourth-order valence-electron chi connectivity index (χ4n) is 3.82. The van der Waals surface area contributed by atoms with Crippen molar-refractivity contribution in [2.75, 3.05) is 19.6 Å². The first-order chi connectivity index (χ1) is 8.28. The molecule has 1 aliphatic carbocycles. The predicted octanol–water partition coefficient (Wildman–Crippen LogP) is 3.12. The number of nitrogens with two attached hydrogens (primary N) is 1. The zero-order chi connectivity index (χ0) is 13.6. The highest BCUT2D eigenvalue weighted by Gasteiger charge is 2.43. The largest absolute Gasteiger partial charge is 0.330 e. The third kappa shape index (κ3) is 2.46. The Kier molecular flexibility index (Phi) is 3.81. The molecule has 2 aliphatic rings. The molecule has 1 saturated carbocycles. The van der Waals surface area contributed by atoms with Gasteiger partial charge in [-0.15, -0.1) is 0 Å². The summed E-state index contributed by atoms with van der Waals surface area (Å²) in [5.41, 5.74) is 6.84. The molecule has 0 aromatic carbocycles. The molecule has 0 aromatic rings. The lowest BCUT2D eigenvalue weighted by atomic mass is 9.67. The Hall–Kier alpha value is -0.0800. The van der Waals surface area contributed by atoms with Crippen LogP contribution in [0.1, 0.15) is 53.9 Å². The van der Waals surface area contributed by atoms with Crippen LogP contribution in [0.25, 0.3) is 0 Å². The lowest BCUT2D eigenvalue weighted by molar-refractivity contribution is -0.00565. The van der Waals surface area contributed by atoms with Gasteiger partial charge >= 0.3 is 0 Å². The van der Waals surface area contributed by atoms with E-state index in [-0.39, 0.29) is 0 Å². The van der Waals surface area contributed by atoms with Gasteiger partial charge in [-0.3, -0.25) is 4.90 Å². The maximum atomic E-state index is 5.94. The first-order valence-electron chi connectivity index (χ1n) is 7.72. The summed E-state index contributed by atoms with van der Waals surface area (Å²) in [5.74, 6) is 1.59. The summed E-state index contributed by atoms with van der Waals surface area (Å²) in [7, 11) is 0. The number of nitrogens with zero attached hydrogens (tertiary/aromatic N) is 1. The van der Waals surface area contributed by atoms with E-state index in [1.54, 1.807) is 0 Å². The van der Waals surface area contributed by atoms with Crippen LogP contribution in [0, 0.1) is 22.7 Å². The Morgan fingerprint density at radius 3 is 2.11 bits per heavy atom. The average molecular weight is 252 g/mol. The summed E-state index contributed by atoms with van der Waals surface area (Å²) in [5, 5.41) is 0. The number of likely N-dealkylation sites (tertiary alicyclic amines) is 1. The highest BCUT2D eigenvalue weighted by molar-refractivity contribution is 4.96. The summed E-state index contributed by atoms with van der Waals surface area (Å²) in [6.45, 7) is 15.5. The van der Waals surface area contributed by atoms with Crippen molar-refractivity contribution in [2.45, 2.75) is 59.9 Å². The second kappa shape index (κ2) is 4.79. The minimum absolute atomic E-state index is 0.407. The van der Waals surface area contributed by atoms with E-state index < -0.39 is 0 Å². The lowest BCUT2D eigenvalue weighted by Gasteiger charge is -2.49. The summed E-state index contributed by atoms with van der Waals surface area (Å²) in [6.07, 6.45) is 3.98. The molecule has 2 heteroatoms. The van der Waals surface area contributed by atoms with Crippen molar-refractivity contribution >= 4 is 0 Å². The van der Waals surface area contributed by atoms with E-state index in [1.165, 1.54) is 32.4 Å². The first-order valence-corrected chi connectivity index (χ1v) is 7.72. The van der Waals surface area contributed by atoms with Crippen molar-refractivity contribution in [2.24, 2.45) is 28.4 Å². The van der Waals surface area contributed by atoms with Crippen LogP contribution in [0.5, 0.6) is 0 Å². The molecule has 1 aliphatic heterocycles. The zero-order valence-electron chi connectivity index (χ0n) is 13.0. The monoisotopic (exact) mass is 252 g/mol. The van der Waals surface area contributed by atoms with Crippen LogP contribution in [0.4, 0.5) is 0 Å². The van der Waals surface area contributed by atoms with E-state index in [1.807, 2.05) is 0 Å². The number of rotatable bonds is 2. The van der Waals surface area contributed by atoms with E-state index >= 15 is 0 Å². The van der Waals surface area contributed by atoms with Gasteiger partial charge in [0, 0.05) is 19.1 Å². The smallest absolute Gasteiger partial charge is 0.0101 e. The van der Waals surface area contributed by atoms with Gasteiger partial charge in [-0.05, 0) is 48.5 Å². The van der Waals surface area contributed by atoms with E-state index in [4.69, 9.17) is 5.73 Å². The third-order valence-electron chi connectivity index (χ3n) is 6.38. The van der Waals surface area contributed by atoms with Crippen molar-refractivity contribution in [3.8, 4) is 0 Å². The Morgan fingerprint density at radius 1 is 1.11 bits per heavy atom. The fraction of sp³-hybridized carbons (Fsp3) is 1.00. The van der Waals surface area contributed by atoms with E-state index in [0.717, 1.165) is 24.4 Å². The molecule has 1 heterocycles. The molecule has 4 atom stereocenters. The fourth-order valence-corrected chi connectivity index (χ4v) is 3.82. The van der Waals surface area contributed by atoms with Crippen LogP contribution in [0.15, 0.2) is 0 Å². The quantitative estimate of drug-likeness (QED) is 0.818. The summed E-state index contributed by atoms with van der Waals surface area (Å²) >= 11 is 0. The van der Waals surface area contributed by atoms with E-state index in [0.29, 0.717) is 10.8 Å². The Balaban J connectivity index is 2.00. The lowest BCUT2D eigenvalue weighted by Crippen LogP contribution is -2.52. The maximum absolute atomic E-state index is 5.94. The molecule has 2 fully saturated rings. The molecule has 0 bridgehead atoms. The van der Waals surface area contributed by atoms with Crippen molar-refractivity contribution in [1.82, 2.24) is 4.90 Å². The van der Waals surface area contributed by atoms with Gasteiger partial charge in [-0.1, -0.05) is 34.6 Å². The normalized spacial score (nSPS) is 45.3. The van der Waals surface area contributed by atoms with Crippen molar-refractivity contribution in [1.29, 1.82) is 0 Å². The van der Waals surface area contributed by atoms with Gasteiger partial charge in [0.05, 0.1) is 0 Å². The number of piperidine rings is 1. The molecule has 1 saturated heterocycles. The number of hydrogen-bond acceptors (Lipinski definition) is 2. The molecule has 2 nitrogen and oxygen atoms in total. The molecule has 0 aromatic heterocycles. The average Bonchev–Trinajstić information content (AvgIpc) is 2.70. The first kappa shape index (κ1) is 14.3. The summed E-state index contributed by atoms with van der Waals surface area (Å²) < 4.78 is 0. The van der Waals surface area contributed by atoms with Crippen molar-refractivity contribution in [3.63, 3.8) is 0 Å². The van der Waals surface area contributed by atoms with Crippen LogP contribution in [-0.2, 0) is 0 Å². The zero-order valence-corrected chi connectivity index (χ0v) is 13.0. The molecule has 106 valence electrons. The van der Waals surface area contributed by atoms with Gasteiger partial charge in [0.1, 0.15) is 0 Å². The summed E-state index contributed by atoms with van der Waals surface area (Å²) in [4.78, 5) is 2.77. The molecule has 18 heavy (non-hydrogen) atoms. The second-order valence-electron chi connectivity index (χ2n) is 7.99. The predicted molar refractivity (Wildman–Crippen MR) is 78.5 cm³/mol. The minimum atomic E-state index is 0.407. The summed E-state index contributed by atoms with van der Waals surface area (Å²) in [6, 6.07) is 0.791. The van der Waals surface area contributed by atoms with Crippen molar-refractivity contribution in [3.05, 3.63) is 0 Å². The van der Waals surface area contributed by atoms with Gasteiger partial charge in [-0.2, -0.15) is 0 Å². The molecular formula is C16H32N2. The molecule has 0 amide bonds. The minimum Gasteiger partial charge on any atom is -0.330 e. The van der Waals surface area contributed by atoms with Crippen molar-refractivity contribution < 1.29 is 0 Å². The van der Waals surface area contributed by atoms with Crippen LogP contribution in [0.3, 0.4) is 0 Å². The van der Waals surface area contributed by atoms with Crippen LogP contribution in [0.2, 0.25) is 0 Å². The molecule has 0 radical (unpaired) electrons.